The van der Waals surface area contributed by atoms with Crippen molar-refractivity contribution in [1.29, 1.82) is 0 Å². The Labute approximate surface area is 189 Å². The van der Waals surface area contributed by atoms with E-state index in [0.29, 0.717) is 32.5 Å². The highest BCUT2D eigenvalue weighted by atomic mass is 16.5. The lowest BCUT2D eigenvalue weighted by atomic mass is 9.87. The van der Waals surface area contributed by atoms with E-state index in [1.54, 1.807) is 17.2 Å². The molecular formula is C24H32N6O2. The van der Waals surface area contributed by atoms with Gasteiger partial charge in [0.2, 0.25) is 5.91 Å². The number of carbonyl (C=O) groups is 1. The van der Waals surface area contributed by atoms with Crippen LogP contribution in [0.4, 0.5) is 5.82 Å². The molecule has 0 spiro atoms. The SMILES string of the molecule is Cn1ncc2c(N3CCN(C(=O)CCCOc4ccc(C(C)(C)C)cc4)CC3)ncnc21. The lowest BCUT2D eigenvalue weighted by molar-refractivity contribution is -0.131. The summed E-state index contributed by atoms with van der Waals surface area (Å²) in [6.07, 6.45) is 4.59. The van der Waals surface area contributed by atoms with Crippen molar-refractivity contribution in [3.8, 4) is 5.75 Å². The summed E-state index contributed by atoms with van der Waals surface area (Å²) in [6, 6.07) is 8.23. The predicted molar refractivity (Wildman–Crippen MR) is 125 cm³/mol. The van der Waals surface area contributed by atoms with E-state index >= 15 is 0 Å². The van der Waals surface area contributed by atoms with Crippen LogP contribution in [0.2, 0.25) is 0 Å². The van der Waals surface area contributed by atoms with Gasteiger partial charge >= 0.3 is 0 Å². The van der Waals surface area contributed by atoms with Crippen LogP contribution in [0.5, 0.6) is 5.75 Å². The average molecular weight is 437 g/mol. The number of aromatic nitrogens is 4. The number of amides is 1. The first-order valence-corrected chi connectivity index (χ1v) is 11.2. The van der Waals surface area contributed by atoms with E-state index in [2.05, 4.69) is 52.9 Å². The summed E-state index contributed by atoms with van der Waals surface area (Å²) >= 11 is 0. The summed E-state index contributed by atoms with van der Waals surface area (Å²) < 4.78 is 7.58. The molecule has 8 heteroatoms. The molecule has 0 unspecified atom stereocenters. The summed E-state index contributed by atoms with van der Waals surface area (Å²) in [7, 11) is 1.88. The summed E-state index contributed by atoms with van der Waals surface area (Å²) in [5.74, 6) is 1.93. The van der Waals surface area contributed by atoms with Gasteiger partial charge in [0.05, 0.1) is 18.2 Å². The minimum absolute atomic E-state index is 0.131. The van der Waals surface area contributed by atoms with Gasteiger partial charge in [0.25, 0.3) is 0 Å². The third kappa shape index (κ3) is 4.84. The Morgan fingerprint density at radius 2 is 1.78 bits per heavy atom. The highest BCUT2D eigenvalue weighted by Crippen LogP contribution is 2.25. The van der Waals surface area contributed by atoms with Crippen molar-refractivity contribution < 1.29 is 9.53 Å². The smallest absolute Gasteiger partial charge is 0.222 e. The number of benzene rings is 1. The zero-order chi connectivity index (χ0) is 22.7. The van der Waals surface area contributed by atoms with Crippen molar-refractivity contribution in [1.82, 2.24) is 24.6 Å². The zero-order valence-electron chi connectivity index (χ0n) is 19.4. The molecule has 1 aliphatic heterocycles. The molecular weight excluding hydrogens is 404 g/mol. The highest BCUT2D eigenvalue weighted by Gasteiger charge is 2.23. The Hall–Kier alpha value is -3.16. The van der Waals surface area contributed by atoms with Crippen molar-refractivity contribution in [3.63, 3.8) is 0 Å². The number of fused-ring (bicyclic) bond motifs is 1. The van der Waals surface area contributed by atoms with Gasteiger partial charge in [0.15, 0.2) is 5.65 Å². The number of piperazine rings is 1. The fourth-order valence-electron chi connectivity index (χ4n) is 3.99. The fourth-order valence-corrected chi connectivity index (χ4v) is 3.99. The lowest BCUT2D eigenvalue weighted by Crippen LogP contribution is -2.49. The van der Waals surface area contributed by atoms with E-state index in [9.17, 15) is 4.79 Å². The van der Waals surface area contributed by atoms with Crippen molar-refractivity contribution in [2.24, 2.45) is 7.05 Å². The largest absolute Gasteiger partial charge is 0.494 e. The number of rotatable bonds is 6. The summed E-state index contributed by atoms with van der Waals surface area (Å²) in [4.78, 5) is 25.6. The van der Waals surface area contributed by atoms with Crippen LogP contribution >= 0.6 is 0 Å². The van der Waals surface area contributed by atoms with Crippen LogP contribution in [0.25, 0.3) is 11.0 Å². The van der Waals surface area contributed by atoms with Gasteiger partial charge in [-0.05, 0) is 29.5 Å². The van der Waals surface area contributed by atoms with Gasteiger partial charge in [0.1, 0.15) is 17.9 Å². The highest BCUT2D eigenvalue weighted by molar-refractivity contribution is 5.86. The molecule has 3 heterocycles. The second-order valence-electron chi connectivity index (χ2n) is 9.30. The first-order valence-electron chi connectivity index (χ1n) is 11.2. The molecule has 4 rings (SSSR count). The summed E-state index contributed by atoms with van der Waals surface area (Å²) in [5.41, 5.74) is 2.24. The third-order valence-corrected chi connectivity index (χ3v) is 5.96. The van der Waals surface area contributed by atoms with Crippen molar-refractivity contribution >= 4 is 22.8 Å². The first kappa shape index (κ1) is 22.0. The third-order valence-electron chi connectivity index (χ3n) is 5.96. The summed E-state index contributed by atoms with van der Waals surface area (Å²) in [5, 5.41) is 5.23. The van der Waals surface area contributed by atoms with Crippen molar-refractivity contribution in [3.05, 3.63) is 42.4 Å². The number of carbonyl (C=O) groups excluding carboxylic acids is 1. The number of hydrogen-bond donors (Lipinski definition) is 0. The Balaban J connectivity index is 1.22. The molecule has 0 saturated carbocycles. The van der Waals surface area contributed by atoms with Gasteiger partial charge < -0.3 is 14.5 Å². The Morgan fingerprint density at radius 1 is 1.06 bits per heavy atom. The van der Waals surface area contributed by atoms with Gasteiger partial charge in [-0.1, -0.05) is 32.9 Å². The molecule has 32 heavy (non-hydrogen) atoms. The maximum Gasteiger partial charge on any atom is 0.222 e. The van der Waals surface area contributed by atoms with Gasteiger partial charge in [-0.25, -0.2) is 9.97 Å². The molecule has 0 N–H and O–H groups in total. The second kappa shape index (κ2) is 9.14. The minimum atomic E-state index is 0.131. The molecule has 1 aromatic carbocycles. The summed E-state index contributed by atoms with van der Waals surface area (Å²) in [6.45, 7) is 10.0. The fraction of sp³-hybridized carbons (Fsp3) is 0.500. The molecule has 0 aliphatic carbocycles. The molecule has 1 amide bonds. The minimum Gasteiger partial charge on any atom is -0.494 e. The number of hydrogen-bond acceptors (Lipinski definition) is 6. The topological polar surface area (TPSA) is 76.4 Å². The molecule has 1 saturated heterocycles. The molecule has 0 bridgehead atoms. The van der Waals surface area contributed by atoms with E-state index in [4.69, 9.17) is 4.74 Å². The quantitative estimate of drug-likeness (QED) is 0.553. The van der Waals surface area contributed by atoms with Crippen LogP contribution in [0.15, 0.2) is 36.8 Å². The average Bonchev–Trinajstić information content (AvgIpc) is 3.17. The van der Waals surface area contributed by atoms with Gasteiger partial charge in [0, 0.05) is 39.6 Å². The zero-order valence-corrected chi connectivity index (χ0v) is 19.4. The van der Waals surface area contributed by atoms with Crippen LogP contribution in [0.3, 0.4) is 0 Å². The molecule has 170 valence electrons. The molecule has 1 aliphatic rings. The number of anilines is 1. The second-order valence-corrected chi connectivity index (χ2v) is 9.30. The number of aryl methyl sites for hydroxylation is 1. The molecule has 8 nitrogen and oxygen atoms in total. The van der Waals surface area contributed by atoms with Crippen LogP contribution in [-0.2, 0) is 17.3 Å². The normalized spacial score (nSPS) is 14.8. The van der Waals surface area contributed by atoms with E-state index < -0.39 is 0 Å². The molecule has 2 aromatic heterocycles. The van der Waals surface area contributed by atoms with Crippen molar-refractivity contribution in [2.75, 3.05) is 37.7 Å². The Morgan fingerprint density at radius 3 is 2.47 bits per heavy atom. The maximum atomic E-state index is 12.6. The van der Waals surface area contributed by atoms with Crippen molar-refractivity contribution in [2.45, 2.75) is 39.0 Å². The predicted octanol–water partition coefficient (Wildman–Crippen LogP) is 3.17. The van der Waals surface area contributed by atoms with E-state index in [1.807, 2.05) is 24.1 Å². The van der Waals surface area contributed by atoms with Crippen LogP contribution in [-0.4, -0.2) is 63.3 Å². The first-order chi connectivity index (χ1) is 15.3. The molecule has 0 radical (unpaired) electrons. The van der Waals surface area contributed by atoms with Crippen LogP contribution in [0, 0.1) is 0 Å². The van der Waals surface area contributed by atoms with E-state index in [-0.39, 0.29) is 11.3 Å². The van der Waals surface area contributed by atoms with Gasteiger partial charge in [-0.2, -0.15) is 5.10 Å². The molecule has 0 atom stereocenters. The number of ether oxygens (including phenoxy) is 1. The van der Waals surface area contributed by atoms with Crippen LogP contribution in [0.1, 0.15) is 39.2 Å². The van der Waals surface area contributed by atoms with E-state index in [1.165, 1.54) is 5.56 Å². The Bertz CT molecular complexity index is 1060. The standard InChI is InChI=1S/C24H32N6O2/c1-24(2,3)18-7-9-19(10-8-18)32-15-5-6-21(31)29-11-13-30(14-12-29)23-20-16-27-28(4)22(20)25-17-26-23/h7-10,16-17H,5-6,11-15H2,1-4H3. The maximum absolute atomic E-state index is 12.6. The Kier molecular flexibility index (Phi) is 6.30. The molecule has 3 aromatic rings. The van der Waals surface area contributed by atoms with Gasteiger partial charge in [-0.15, -0.1) is 0 Å². The molecule has 1 fully saturated rings. The lowest BCUT2D eigenvalue weighted by Gasteiger charge is -2.35. The van der Waals surface area contributed by atoms with Crippen LogP contribution < -0.4 is 9.64 Å². The number of nitrogens with zero attached hydrogens (tertiary/aromatic N) is 6. The van der Waals surface area contributed by atoms with E-state index in [0.717, 1.165) is 35.7 Å². The monoisotopic (exact) mass is 436 g/mol. The van der Waals surface area contributed by atoms with Gasteiger partial charge in [-0.3, -0.25) is 9.48 Å².